The number of hydrogen-bond donors (Lipinski definition) is 2. The van der Waals surface area contributed by atoms with E-state index in [4.69, 9.17) is 16.7 Å². The number of carboxylic acid groups (broad SMARTS) is 1. The standard InChI is InChI=1S/C13H11ClF3N3O2/c1-7-10(6-18-12(21)22)20(19-11(7)13(15,16)17)9-4-2-3-8(14)5-9/h2-5,18H,6H2,1H3,(H,21,22). The predicted octanol–water partition coefficient (Wildman–Crippen LogP) is 3.62. The molecule has 0 aliphatic heterocycles. The van der Waals surface area contributed by atoms with E-state index in [1.807, 2.05) is 5.32 Å². The predicted molar refractivity (Wildman–Crippen MR) is 73.2 cm³/mol. The molecule has 2 aromatic rings. The fraction of sp³-hybridized carbons (Fsp3) is 0.231. The Bertz CT molecular complexity index is 713. The van der Waals surface area contributed by atoms with Crippen LogP contribution in [0.5, 0.6) is 0 Å². The smallest absolute Gasteiger partial charge is 0.435 e. The van der Waals surface area contributed by atoms with Crippen LogP contribution in [0.15, 0.2) is 24.3 Å². The number of hydrogen-bond acceptors (Lipinski definition) is 2. The third-order valence-electron chi connectivity index (χ3n) is 2.97. The molecule has 0 atom stereocenters. The summed E-state index contributed by atoms with van der Waals surface area (Å²) in [6, 6.07) is 6.11. The average molecular weight is 334 g/mol. The van der Waals surface area contributed by atoms with E-state index in [2.05, 4.69) is 5.10 Å². The van der Waals surface area contributed by atoms with Crippen LogP contribution in [0.3, 0.4) is 0 Å². The van der Waals surface area contributed by atoms with Gasteiger partial charge in [-0.15, -0.1) is 0 Å². The van der Waals surface area contributed by atoms with E-state index in [0.29, 0.717) is 10.7 Å². The van der Waals surface area contributed by atoms with Gasteiger partial charge in [0.1, 0.15) is 0 Å². The Kier molecular flexibility index (Phi) is 4.32. The molecule has 0 fully saturated rings. The second-order valence-electron chi connectivity index (χ2n) is 4.47. The van der Waals surface area contributed by atoms with Crippen molar-refractivity contribution < 1.29 is 23.1 Å². The Labute approximate surface area is 128 Å². The molecule has 118 valence electrons. The van der Waals surface area contributed by atoms with Crippen LogP contribution in [0.2, 0.25) is 5.02 Å². The number of aromatic nitrogens is 2. The molecule has 0 bridgehead atoms. The van der Waals surface area contributed by atoms with Gasteiger partial charge in [0.2, 0.25) is 0 Å². The molecule has 0 saturated heterocycles. The van der Waals surface area contributed by atoms with Crippen LogP contribution < -0.4 is 5.32 Å². The highest BCUT2D eigenvalue weighted by Crippen LogP contribution is 2.33. The van der Waals surface area contributed by atoms with Crippen LogP contribution in [-0.4, -0.2) is 21.0 Å². The molecular weight excluding hydrogens is 323 g/mol. The van der Waals surface area contributed by atoms with Gasteiger partial charge in [-0.25, -0.2) is 9.48 Å². The minimum atomic E-state index is -4.63. The first-order valence-electron chi connectivity index (χ1n) is 6.08. The van der Waals surface area contributed by atoms with E-state index >= 15 is 0 Å². The summed E-state index contributed by atoms with van der Waals surface area (Å²) >= 11 is 5.84. The third kappa shape index (κ3) is 3.33. The maximum Gasteiger partial charge on any atom is 0.435 e. The van der Waals surface area contributed by atoms with Crippen LogP contribution in [0.1, 0.15) is 17.0 Å². The SMILES string of the molecule is Cc1c(C(F)(F)F)nn(-c2cccc(Cl)c2)c1CNC(=O)O. The number of halogens is 4. The lowest BCUT2D eigenvalue weighted by Gasteiger charge is -2.08. The summed E-state index contributed by atoms with van der Waals surface area (Å²) in [4.78, 5) is 10.6. The summed E-state index contributed by atoms with van der Waals surface area (Å²) in [5.41, 5.74) is -0.791. The second kappa shape index (κ2) is 5.88. The normalized spacial score (nSPS) is 11.5. The third-order valence-corrected chi connectivity index (χ3v) is 3.21. The molecule has 0 saturated carbocycles. The quantitative estimate of drug-likeness (QED) is 0.901. The van der Waals surface area contributed by atoms with Gasteiger partial charge in [0.15, 0.2) is 5.69 Å². The van der Waals surface area contributed by atoms with Gasteiger partial charge in [0.05, 0.1) is 17.9 Å². The van der Waals surface area contributed by atoms with Crippen LogP contribution in [-0.2, 0) is 12.7 Å². The number of alkyl halides is 3. The van der Waals surface area contributed by atoms with E-state index in [1.165, 1.54) is 19.1 Å². The monoisotopic (exact) mass is 333 g/mol. The van der Waals surface area contributed by atoms with Crippen molar-refractivity contribution in [1.82, 2.24) is 15.1 Å². The molecule has 0 radical (unpaired) electrons. The number of nitrogens with zero attached hydrogens (tertiary/aromatic N) is 2. The lowest BCUT2D eigenvalue weighted by molar-refractivity contribution is -0.141. The van der Waals surface area contributed by atoms with Gasteiger partial charge in [-0.2, -0.15) is 18.3 Å². The number of benzene rings is 1. The van der Waals surface area contributed by atoms with Gasteiger partial charge in [-0.3, -0.25) is 0 Å². The number of rotatable bonds is 3. The fourth-order valence-electron chi connectivity index (χ4n) is 1.99. The molecule has 1 aromatic carbocycles. The van der Waals surface area contributed by atoms with Crippen molar-refractivity contribution in [2.75, 3.05) is 0 Å². The van der Waals surface area contributed by atoms with Crippen molar-refractivity contribution in [1.29, 1.82) is 0 Å². The van der Waals surface area contributed by atoms with Gasteiger partial charge in [0, 0.05) is 10.6 Å². The molecular formula is C13H11ClF3N3O2. The first kappa shape index (κ1) is 16.2. The lowest BCUT2D eigenvalue weighted by atomic mass is 10.2. The molecule has 2 rings (SSSR count). The van der Waals surface area contributed by atoms with Crippen molar-refractivity contribution in [2.45, 2.75) is 19.6 Å². The Hall–Kier alpha value is -2.22. The zero-order chi connectivity index (χ0) is 16.5. The van der Waals surface area contributed by atoms with Gasteiger partial charge < -0.3 is 10.4 Å². The molecule has 1 aromatic heterocycles. The Balaban J connectivity index is 2.58. The fourth-order valence-corrected chi connectivity index (χ4v) is 2.17. The molecule has 1 amide bonds. The zero-order valence-corrected chi connectivity index (χ0v) is 12.0. The highest BCUT2D eigenvalue weighted by Gasteiger charge is 2.38. The molecule has 1 heterocycles. The summed E-state index contributed by atoms with van der Waals surface area (Å²) in [5.74, 6) is 0. The van der Waals surface area contributed by atoms with E-state index < -0.39 is 18.0 Å². The van der Waals surface area contributed by atoms with Crippen LogP contribution >= 0.6 is 11.6 Å². The van der Waals surface area contributed by atoms with Gasteiger partial charge in [-0.1, -0.05) is 17.7 Å². The molecule has 2 N–H and O–H groups in total. The Morgan fingerprint density at radius 3 is 2.68 bits per heavy atom. The topological polar surface area (TPSA) is 67.2 Å². The minimum absolute atomic E-state index is 0.0944. The Morgan fingerprint density at radius 1 is 1.45 bits per heavy atom. The van der Waals surface area contributed by atoms with Crippen LogP contribution in [0.4, 0.5) is 18.0 Å². The first-order chi connectivity index (χ1) is 10.2. The molecule has 0 aliphatic carbocycles. The highest BCUT2D eigenvalue weighted by atomic mass is 35.5. The largest absolute Gasteiger partial charge is 0.465 e. The molecule has 5 nitrogen and oxygen atoms in total. The highest BCUT2D eigenvalue weighted by molar-refractivity contribution is 6.30. The number of amides is 1. The molecule has 0 unspecified atom stereocenters. The van der Waals surface area contributed by atoms with E-state index in [-0.39, 0.29) is 17.8 Å². The summed E-state index contributed by atoms with van der Waals surface area (Å²) in [5, 5.41) is 14.6. The number of nitrogens with one attached hydrogen (secondary N) is 1. The maximum atomic E-state index is 13.0. The summed E-state index contributed by atoms with van der Waals surface area (Å²) in [6.07, 6.45) is -5.97. The first-order valence-corrected chi connectivity index (χ1v) is 6.46. The molecule has 9 heteroatoms. The van der Waals surface area contributed by atoms with Gasteiger partial charge in [0.25, 0.3) is 0 Å². The van der Waals surface area contributed by atoms with Crippen molar-refractivity contribution in [3.05, 3.63) is 46.2 Å². The minimum Gasteiger partial charge on any atom is -0.465 e. The van der Waals surface area contributed by atoms with Gasteiger partial charge in [-0.05, 0) is 25.1 Å². The summed E-state index contributed by atoms with van der Waals surface area (Å²) in [7, 11) is 0. The van der Waals surface area contributed by atoms with Crippen LogP contribution in [0.25, 0.3) is 5.69 Å². The number of carbonyl (C=O) groups is 1. The summed E-state index contributed by atoms with van der Waals surface area (Å²) < 4.78 is 40.0. The second-order valence-corrected chi connectivity index (χ2v) is 4.90. The van der Waals surface area contributed by atoms with E-state index in [9.17, 15) is 18.0 Å². The maximum absolute atomic E-state index is 13.0. The Morgan fingerprint density at radius 2 is 2.14 bits per heavy atom. The van der Waals surface area contributed by atoms with Gasteiger partial charge >= 0.3 is 12.3 Å². The van der Waals surface area contributed by atoms with Crippen molar-refractivity contribution in [3.8, 4) is 5.69 Å². The molecule has 0 spiro atoms. The average Bonchev–Trinajstić information content (AvgIpc) is 2.73. The van der Waals surface area contributed by atoms with Crippen molar-refractivity contribution in [3.63, 3.8) is 0 Å². The lowest BCUT2D eigenvalue weighted by Crippen LogP contribution is -2.22. The van der Waals surface area contributed by atoms with E-state index in [1.54, 1.807) is 12.1 Å². The van der Waals surface area contributed by atoms with Crippen molar-refractivity contribution >= 4 is 17.7 Å². The zero-order valence-electron chi connectivity index (χ0n) is 11.3. The van der Waals surface area contributed by atoms with Crippen molar-refractivity contribution in [2.24, 2.45) is 0 Å². The summed E-state index contributed by atoms with van der Waals surface area (Å²) in [6.45, 7) is 0.937. The van der Waals surface area contributed by atoms with Crippen LogP contribution in [0, 0.1) is 6.92 Å². The van der Waals surface area contributed by atoms with E-state index in [0.717, 1.165) is 4.68 Å². The molecule has 0 aliphatic rings. The molecule has 22 heavy (non-hydrogen) atoms.